The smallest absolute Gasteiger partial charge is 0.341 e. The number of piperidine rings is 1. The Balaban J connectivity index is 1.60. The molecular weight excluding hydrogens is 356 g/mol. The standard InChI is InChI=1S/C22H30N2O4/c1-15(24-10-5-4-6-11-24)13-23-12-9-16-17-7-8-19(26-2)21(27-3)20(17)28-22(25)18(16)14-23/h7-8,15H,4-6,9-14H2,1-3H3. The zero-order valence-electron chi connectivity index (χ0n) is 17.1. The predicted molar refractivity (Wildman–Crippen MR) is 109 cm³/mol. The zero-order valence-corrected chi connectivity index (χ0v) is 17.1. The number of fused-ring (bicyclic) bond motifs is 3. The normalized spacial score (nSPS) is 19.4. The number of hydrogen-bond acceptors (Lipinski definition) is 6. The van der Waals surface area contributed by atoms with Crippen molar-refractivity contribution in [1.82, 2.24) is 9.80 Å². The van der Waals surface area contributed by atoms with E-state index in [1.54, 1.807) is 14.2 Å². The topological polar surface area (TPSA) is 55.2 Å². The van der Waals surface area contributed by atoms with Gasteiger partial charge in [0.25, 0.3) is 0 Å². The average Bonchev–Trinajstić information content (AvgIpc) is 2.73. The van der Waals surface area contributed by atoms with Crippen LogP contribution in [0.3, 0.4) is 0 Å². The quantitative estimate of drug-likeness (QED) is 0.737. The van der Waals surface area contributed by atoms with Crippen LogP contribution in [0.1, 0.15) is 37.3 Å². The third-order valence-electron chi connectivity index (χ3n) is 6.23. The summed E-state index contributed by atoms with van der Waals surface area (Å²) in [5.74, 6) is 1.06. The Bertz CT molecular complexity index is 902. The van der Waals surface area contributed by atoms with Gasteiger partial charge in [0.1, 0.15) is 0 Å². The Morgan fingerprint density at radius 3 is 2.57 bits per heavy atom. The Labute approximate surface area is 166 Å². The molecular formula is C22H30N2O4. The van der Waals surface area contributed by atoms with Gasteiger partial charge in [-0.1, -0.05) is 6.42 Å². The molecule has 1 saturated heterocycles. The van der Waals surface area contributed by atoms with E-state index in [4.69, 9.17) is 13.9 Å². The van der Waals surface area contributed by atoms with E-state index in [1.165, 1.54) is 32.4 Å². The molecule has 1 aromatic heterocycles. The lowest BCUT2D eigenvalue weighted by Gasteiger charge is -2.37. The molecule has 0 aliphatic carbocycles. The van der Waals surface area contributed by atoms with Crippen LogP contribution in [-0.2, 0) is 13.0 Å². The second-order valence-corrected chi connectivity index (χ2v) is 7.96. The van der Waals surface area contributed by atoms with Gasteiger partial charge in [0.2, 0.25) is 5.75 Å². The zero-order chi connectivity index (χ0) is 19.7. The first-order valence-corrected chi connectivity index (χ1v) is 10.3. The highest BCUT2D eigenvalue weighted by molar-refractivity contribution is 5.88. The minimum Gasteiger partial charge on any atom is -0.493 e. The van der Waals surface area contributed by atoms with E-state index in [-0.39, 0.29) is 5.63 Å². The lowest BCUT2D eigenvalue weighted by atomic mass is 9.96. The van der Waals surface area contributed by atoms with Gasteiger partial charge in [-0.15, -0.1) is 0 Å². The van der Waals surface area contributed by atoms with Crippen LogP contribution in [0, 0.1) is 0 Å². The van der Waals surface area contributed by atoms with Crippen LogP contribution in [0.25, 0.3) is 11.0 Å². The van der Waals surface area contributed by atoms with E-state index < -0.39 is 0 Å². The maximum absolute atomic E-state index is 12.8. The summed E-state index contributed by atoms with van der Waals surface area (Å²) in [7, 11) is 3.15. The molecule has 6 nitrogen and oxygen atoms in total. The van der Waals surface area contributed by atoms with Crippen molar-refractivity contribution in [2.75, 3.05) is 40.4 Å². The predicted octanol–water partition coefficient (Wildman–Crippen LogP) is 3.04. The highest BCUT2D eigenvalue weighted by Crippen LogP contribution is 2.37. The van der Waals surface area contributed by atoms with Crippen molar-refractivity contribution < 1.29 is 13.9 Å². The van der Waals surface area contributed by atoms with Crippen molar-refractivity contribution in [2.45, 2.75) is 45.2 Å². The maximum Gasteiger partial charge on any atom is 0.341 e. The number of nitrogens with zero attached hydrogens (tertiary/aromatic N) is 2. The van der Waals surface area contributed by atoms with E-state index in [0.717, 1.165) is 36.0 Å². The van der Waals surface area contributed by atoms with Gasteiger partial charge in [-0.2, -0.15) is 0 Å². The fraction of sp³-hybridized carbons (Fsp3) is 0.591. The molecule has 0 radical (unpaired) electrons. The summed E-state index contributed by atoms with van der Waals surface area (Å²) in [6.45, 7) is 7.29. The van der Waals surface area contributed by atoms with E-state index in [1.807, 2.05) is 12.1 Å². The van der Waals surface area contributed by atoms with Crippen LogP contribution in [0.5, 0.6) is 11.5 Å². The van der Waals surface area contributed by atoms with Crippen molar-refractivity contribution in [3.8, 4) is 11.5 Å². The number of ether oxygens (including phenoxy) is 2. The molecule has 0 N–H and O–H groups in total. The monoisotopic (exact) mass is 386 g/mol. The van der Waals surface area contributed by atoms with Gasteiger partial charge < -0.3 is 13.9 Å². The molecule has 1 unspecified atom stereocenters. The molecule has 0 amide bonds. The van der Waals surface area contributed by atoms with Crippen molar-refractivity contribution in [3.63, 3.8) is 0 Å². The van der Waals surface area contributed by atoms with E-state index in [9.17, 15) is 4.79 Å². The highest BCUT2D eigenvalue weighted by Gasteiger charge is 2.27. The second-order valence-electron chi connectivity index (χ2n) is 7.96. The molecule has 1 fully saturated rings. The summed E-state index contributed by atoms with van der Waals surface area (Å²) in [5, 5.41) is 0.955. The van der Waals surface area contributed by atoms with Gasteiger partial charge in [-0.3, -0.25) is 9.80 Å². The van der Waals surface area contributed by atoms with Crippen LogP contribution in [0.2, 0.25) is 0 Å². The molecule has 0 spiro atoms. The molecule has 6 heteroatoms. The SMILES string of the molecule is COc1ccc2c3c(c(=O)oc2c1OC)CN(CC(C)N1CCCCC1)CC3. The summed E-state index contributed by atoms with van der Waals surface area (Å²) in [6, 6.07) is 4.37. The van der Waals surface area contributed by atoms with E-state index in [2.05, 4.69) is 16.7 Å². The van der Waals surface area contributed by atoms with E-state index in [0.29, 0.717) is 29.7 Å². The van der Waals surface area contributed by atoms with Crippen LogP contribution in [0.15, 0.2) is 21.3 Å². The van der Waals surface area contributed by atoms with Crippen LogP contribution < -0.4 is 15.1 Å². The van der Waals surface area contributed by atoms with Crippen molar-refractivity contribution in [3.05, 3.63) is 33.7 Å². The molecule has 3 heterocycles. The minimum absolute atomic E-state index is 0.260. The first-order chi connectivity index (χ1) is 13.6. The molecule has 2 aliphatic rings. The number of benzene rings is 1. The third kappa shape index (κ3) is 3.51. The van der Waals surface area contributed by atoms with Gasteiger partial charge in [-0.25, -0.2) is 4.79 Å². The third-order valence-corrected chi connectivity index (χ3v) is 6.23. The Kier molecular flexibility index (Phi) is 5.60. The van der Waals surface area contributed by atoms with Gasteiger partial charge in [0.05, 0.1) is 19.8 Å². The summed E-state index contributed by atoms with van der Waals surface area (Å²) in [5.41, 5.74) is 2.11. The number of hydrogen-bond donors (Lipinski definition) is 0. The summed E-state index contributed by atoms with van der Waals surface area (Å²) in [6.07, 6.45) is 4.80. The van der Waals surface area contributed by atoms with Crippen LogP contribution in [-0.4, -0.2) is 56.2 Å². The minimum atomic E-state index is -0.260. The van der Waals surface area contributed by atoms with Gasteiger partial charge in [0.15, 0.2) is 11.3 Å². The molecule has 1 aromatic carbocycles. The fourth-order valence-electron chi connectivity index (χ4n) is 4.70. The average molecular weight is 386 g/mol. The Morgan fingerprint density at radius 1 is 1.07 bits per heavy atom. The molecule has 28 heavy (non-hydrogen) atoms. The van der Waals surface area contributed by atoms with Crippen molar-refractivity contribution in [2.24, 2.45) is 0 Å². The van der Waals surface area contributed by atoms with Gasteiger partial charge in [0, 0.05) is 31.1 Å². The van der Waals surface area contributed by atoms with E-state index >= 15 is 0 Å². The first kappa shape index (κ1) is 19.3. The highest BCUT2D eigenvalue weighted by atomic mass is 16.5. The Hall–Kier alpha value is -2.05. The molecule has 1 atom stereocenters. The van der Waals surface area contributed by atoms with Crippen LogP contribution in [0.4, 0.5) is 0 Å². The van der Waals surface area contributed by atoms with Crippen LogP contribution >= 0.6 is 0 Å². The summed E-state index contributed by atoms with van der Waals surface area (Å²) < 4.78 is 16.5. The summed E-state index contributed by atoms with van der Waals surface area (Å²) >= 11 is 0. The van der Waals surface area contributed by atoms with Crippen molar-refractivity contribution >= 4 is 11.0 Å². The summed E-state index contributed by atoms with van der Waals surface area (Å²) in [4.78, 5) is 17.8. The largest absolute Gasteiger partial charge is 0.493 e. The van der Waals surface area contributed by atoms with Crippen molar-refractivity contribution in [1.29, 1.82) is 0 Å². The molecule has 2 aromatic rings. The fourth-order valence-corrected chi connectivity index (χ4v) is 4.70. The Morgan fingerprint density at radius 2 is 1.86 bits per heavy atom. The van der Waals surface area contributed by atoms with Gasteiger partial charge in [-0.05, 0) is 57.0 Å². The second kappa shape index (κ2) is 8.13. The molecule has 152 valence electrons. The molecule has 0 bridgehead atoms. The number of likely N-dealkylation sites (tertiary alicyclic amines) is 1. The molecule has 4 rings (SSSR count). The number of methoxy groups -OCH3 is 2. The molecule has 0 saturated carbocycles. The number of rotatable bonds is 5. The first-order valence-electron chi connectivity index (χ1n) is 10.3. The maximum atomic E-state index is 12.8. The lowest BCUT2D eigenvalue weighted by Crippen LogP contribution is -2.46. The lowest BCUT2D eigenvalue weighted by molar-refractivity contribution is 0.121. The molecule has 2 aliphatic heterocycles. The van der Waals surface area contributed by atoms with Gasteiger partial charge >= 0.3 is 5.63 Å².